The number of benzene rings is 4. The Kier molecular flexibility index (Phi) is 9.22. The molecule has 254 valence electrons. The van der Waals surface area contributed by atoms with E-state index < -0.39 is 55.3 Å². The van der Waals surface area contributed by atoms with Gasteiger partial charge < -0.3 is 0 Å². The minimum absolute atomic E-state index is 0.229. The van der Waals surface area contributed by atoms with E-state index in [1.807, 2.05) is 0 Å². The third kappa shape index (κ3) is 5.60. The summed E-state index contributed by atoms with van der Waals surface area (Å²) in [5.41, 5.74) is -15.7. The Morgan fingerprint density at radius 3 is 0.957 bits per heavy atom. The van der Waals surface area contributed by atoms with Gasteiger partial charge in [0.1, 0.15) is 0 Å². The van der Waals surface area contributed by atoms with Crippen LogP contribution in [0.4, 0.5) is 26.3 Å². The zero-order valence-electron chi connectivity index (χ0n) is 25.1. The summed E-state index contributed by atoms with van der Waals surface area (Å²) in [5.74, 6) is 0. The van der Waals surface area contributed by atoms with Crippen molar-refractivity contribution in [2.45, 2.75) is 30.5 Å². The summed E-state index contributed by atoms with van der Waals surface area (Å²) < 4.78 is 140. The molecule has 0 atom stereocenters. The summed E-state index contributed by atoms with van der Waals surface area (Å²) in [4.78, 5) is 0. The summed E-state index contributed by atoms with van der Waals surface area (Å²) in [5, 5.41) is 2.26. The molecule has 0 unspecified atom stereocenters. The number of hydrogen-bond donors (Lipinski definition) is 0. The predicted octanol–water partition coefficient (Wildman–Crippen LogP) is 5.67. The molecule has 5 rings (SSSR count). The first-order valence-electron chi connectivity index (χ1n) is 14.3. The molecule has 0 aliphatic carbocycles. The molecule has 16 heteroatoms. The molecule has 0 spiro atoms. The van der Waals surface area contributed by atoms with Crippen LogP contribution in [0.25, 0.3) is 0 Å². The van der Waals surface area contributed by atoms with E-state index in [-0.39, 0.29) is 12.3 Å². The van der Waals surface area contributed by atoms with E-state index in [4.69, 9.17) is 0 Å². The average molecular weight is 737 g/mol. The van der Waals surface area contributed by atoms with Crippen molar-refractivity contribution in [3.05, 3.63) is 121 Å². The van der Waals surface area contributed by atoms with Gasteiger partial charge >= 0.3 is 272 Å². The fourth-order valence-electron chi connectivity index (χ4n) is 7.12. The number of halogens is 6. The zero-order chi connectivity index (χ0) is 34.5. The van der Waals surface area contributed by atoms with E-state index in [0.717, 1.165) is 13.8 Å². The maximum absolute atomic E-state index is 14.4. The third-order valence-electron chi connectivity index (χ3n) is 8.63. The van der Waals surface area contributed by atoms with Gasteiger partial charge in [-0.15, -0.1) is 0 Å². The SMILES string of the molecule is CC(C)(N1[PH](c2ccccc2)(c2ccccc2)CC[PH]1(c1ccccc1)c1ccccc1)N(S(=O)(=O)C(F)(F)F)S(=O)(=O)C(F)(F)F. The van der Waals surface area contributed by atoms with E-state index in [1.165, 1.54) is 4.44 Å². The molecule has 1 saturated heterocycles. The first-order valence-corrected chi connectivity index (χ1v) is 21.5. The van der Waals surface area contributed by atoms with E-state index in [9.17, 15) is 43.2 Å². The standard InChI is InChI=1S/C31H32F6N2O4P2S2/c1-29(2,39(46(40,41)30(32,33)34)47(42,43)31(35,36)37)38-44(25-15-7-3-8-16-25,26-17-9-4-10-18-26)23-24-45(38,27-19-11-5-12-20-27)28-21-13-6-14-22-28/h3-22,44-45H,23-24H2,1-2H3. The molecular formula is C31H32F6N2O4P2S2. The minimum atomic E-state index is -7.18. The van der Waals surface area contributed by atoms with Crippen molar-refractivity contribution >= 4 is 56.1 Å². The Morgan fingerprint density at radius 2 is 0.745 bits per heavy atom. The first kappa shape index (κ1) is 35.4. The van der Waals surface area contributed by atoms with Gasteiger partial charge in [0.2, 0.25) is 0 Å². The molecule has 0 bridgehead atoms. The molecule has 0 N–H and O–H groups in total. The molecule has 0 amide bonds. The number of sulfonamides is 2. The van der Waals surface area contributed by atoms with E-state index >= 15 is 0 Å². The van der Waals surface area contributed by atoms with Crippen LogP contribution < -0.4 is 21.2 Å². The second-order valence-electron chi connectivity index (χ2n) is 11.6. The van der Waals surface area contributed by atoms with Crippen molar-refractivity contribution in [3.8, 4) is 0 Å². The van der Waals surface area contributed by atoms with Crippen LogP contribution in [0.1, 0.15) is 13.8 Å². The first-order chi connectivity index (χ1) is 21.9. The van der Waals surface area contributed by atoms with Gasteiger partial charge in [0.25, 0.3) is 0 Å². The Bertz CT molecular complexity index is 1720. The second-order valence-corrected chi connectivity index (χ2v) is 23.5. The molecular weight excluding hydrogens is 704 g/mol. The van der Waals surface area contributed by atoms with Gasteiger partial charge in [-0.25, -0.2) is 0 Å². The number of nitrogens with zero attached hydrogens (tertiary/aromatic N) is 2. The van der Waals surface area contributed by atoms with Gasteiger partial charge in [0.05, 0.1) is 0 Å². The van der Waals surface area contributed by atoms with Crippen LogP contribution in [-0.4, -0.2) is 54.0 Å². The summed E-state index contributed by atoms with van der Waals surface area (Å²) >= 11 is 0. The summed E-state index contributed by atoms with van der Waals surface area (Å²) in [6, 6.07) is 34.0. The summed E-state index contributed by atoms with van der Waals surface area (Å²) in [6.07, 6.45) is 0.457. The molecule has 0 aromatic heterocycles. The van der Waals surface area contributed by atoms with Crippen LogP contribution >= 0.6 is 14.8 Å². The van der Waals surface area contributed by atoms with Crippen molar-refractivity contribution in [1.82, 2.24) is 8.15 Å². The summed E-state index contributed by atoms with van der Waals surface area (Å²) in [6.45, 7) is 1.68. The Hall–Kier alpha value is -2.86. The van der Waals surface area contributed by atoms with Gasteiger partial charge in [-0.1, -0.05) is 0 Å². The fraction of sp³-hybridized carbons (Fsp3) is 0.226. The molecule has 1 aliphatic rings. The second kappa shape index (κ2) is 12.2. The van der Waals surface area contributed by atoms with E-state index in [0.29, 0.717) is 21.2 Å². The van der Waals surface area contributed by atoms with Gasteiger partial charge in [-0.05, 0) is 0 Å². The Balaban J connectivity index is 2.04. The topological polar surface area (TPSA) is 74.8 Å². The van der Waals surface area contributed by atoms with Crippen LogP contribution in [0.15, 0.2) is 121 Å². The Labute approximate surface area is 270 Å². The maximum atomic E-state index is 14.4. The van der Waals surface area contributed by atoms with Crippen LogP contribution in [0, 0.1) is 0 Å². The number of rotatable bonds is 8. The van der Waals surface area contributed by atoms with Crippen molar-refractivity contribution in [3.63, 3.8) is 0 Å². The average Bonchev–Trinajstić information content (AvgIpc) is 3.41. The van der Waals surface area contributed by atoms with Crippen molar-refractivity contribution in [2.75, 3.05) is 12.3 Å². The number of alkyl halides is 6. The summed E-state index contributed by atoms with van der Waals surface area (Å²) in [7, 11) is -22.1. The molecule has 6 nitrogen and oxygen atoms in total. The van der Waals surface area contributed by atoms with Crippen LogP contribution in [0.5, 0.6) is 0 Å². The molecule has 1 fully saturated rings. The molecule has 1 aliphatic heterocycles. The quantitative estimate of drug-likeness (QED) is 0.172. The van der Waals surface area contributed by atoms with Gasteiger partial charge in [0.15, 0.2) is 0 Å². The number of hydrogen-bond acceptors (Lipinski definition) is 5. The molecule has 4 aromatic carbocycles. The third-order valence-corrected chi connectivity index (χ3v) is 25.3. The van der Waals surface area contributed by atoms with Crippen molar-refractivity contribution < 1.29 is 43.2 Å². The van der Waals surface area contributed by atoms with Crippen molar-refractivity contribution in [2.24, 2.45) is 0 Å². The predicted molar refractivity (Wildman–Crippen MR) is 178 cm³/mol. The van der Waals surface area contributed by atoms with Gasteiger partial charge in [-0.3, -0.25) is 0 Å². The van der Waals surface area contributed by atoms with Crippen molar-refractivity contribution in [1.29, 1.82) is 0 Å². The molecule has 0 saturated carbocycles. The Morgan fingerprint density at radius 1 is 0.511 bits per heavy atom. The molecule has 1 heterocycles. The van der Waals surface area contributed by atoms with Crippen LogP contribution in [-0.2, 0) is 20.0 Å². The normalized spacial score (nSPS) is 18.9. The molecule has 0 radical (unpaired) electrons. The molecule has 4 aromatic rings. The van der Waals surface area contributed by atoms with Crippen LogP contribution in [0.2, 0.25) is 0 Å². The van der Waals surface area contributed by atoms with Gasteiger partial charge in [-0.2, -0.15) is 0 Å². The van der Waals surface area contributed by atoms with Crippen LogP contribution in [0.3, 0.4) is 0 Å². The zero-order valence-corrected chi connectivity index (χ0v) is 28.7. The van der Waals surface area contributed by atoms with E-state index in [1.54, 1.807) is 121 Å². The fourth-order valence-corrected chi connectivity index (χ4v) is 26.7. The van der Waals surface area contributed by atoms with Gasteiger partial charge in [0, 0.05) is 0 Å². The molecule has 47 heavy (non-hydrogen) atoms. The monoisotopic (exact) mass is 736 g/mol. The van der Waals surface area contributed by atoms with E-state index in [2.05, 4.69) is 0 Å².